The molecule has 0 aromatic rings. The normalized spacial score (nSPS) is 20.1. The van der Waals surface area contributed by atoms with Gasteiger partial charge >= 0.3 is 5.97 Å². The van der Waals surface area contributed by atoms with Crippen LogP contribution < -0.4 is 5.73 Å². The monoisotopic (exact) mass is 255 g/mol. The van der Waals surface area contributed by atoms with Crippen LogP contribution in [0.1, 0.15) is 52.9 Å². The Bertz CT molecular complexity index is 308. The maximum atomic E-state index is 10.4. The number of carbonyl (C=O) groups is 2. The molecule has 0 aromatic heterocycles. The molecule has 1 unspecified atom stereocenters. The van der Waals surface area contributed by atoms with Gasteiger partial charge in [-0.05, 0) is 24.7 Å². The van der Waals surface area contributed by atoms with Crippen molar-refractivity contribution in [3.63, 3.8) is 0 Å². The number of aliphatic carboxylic acids is 1. The molecule has 0 bridgehead atoms. The Hall–Kier alpha value is -1.32. The fourth-order valence-electron chi connectivity index (χ4n) is 1.65. The number of primary amides is 1. The first-order chi connectivity index (χ1) is 8.31. The van der Waals surface area contributed by atoms with E-state index in [1.165, 1.54) is 18.9 Å². The molecule has 1 aliphatic rings. The molecule has 1 atom stereocenters. The second-order valence-electron chi connectivity index (χ2n) is 5.38. The van der Waals surface area contributed by atoms with E-state index in [-0.39, 0.29) is 17.2 Å². The van der Waals surface area contributed by atoms with Gasteiger partial charge in [0.05, 0.1) is 0 Å². The Morgan fingerprint density at radius 3 is 2.22 bits per heavy atom. The predicted octanol–water partition coefficient (Wildman–Crippen LogP) is 2.73. The average Bonchev–Trinajstić information content (AvgIpc) is 2.88. The summed E-state index contributed by atoms with van der Waals surface area (Å²) in [6.45, 7) is 6.24. The van der Waals surface area contributed by atoms with Gasteiger partial charge in [0.2, 0.25) is 5.91 Å². The lowest BCUT2D eigenvalue weighted by Crippen LogP contribution is -2.15. The fourth-order valence-corrected chi connectivity index (χ4v) is 1.65. The summed E-state index contributed by atoms with van der Waals surface area (Å²) in [4.78, 5) is 20.3. The van der Waals surface area contributed by atoms with Crippen molar-refractivity contribution in [2.45, 2.75) is 52.9 Å². The number of hydrogen-bond donors (Lipinski definition) is 2. The zero-order chi connectivity index (χ0) is 14.2. The number of amides is 1. The summed E-state index contributed by atoms with van der Waals surface area (Å²) in [5.74, 6) is -0.839. The molecule has 1 amide bonds. The molecule has 0 aliphatic heterocycles. The van der Waals surface area contributed by atoms with Crippen molar-refractivity contribution in [2.24, 2.45) is 17.1 Å². The molecule has 4 nitrogen and oxygen atoms in total. The van der Waals surface area contributed by atoms with Crippen molar-refractivity contribution < 1.29 is 14.7 Å². The lowest BCUT2D eigenvalue weighted by molar-refractivity contribution is -0.131. The number of rotatable bonds is 6. The second kappa shape index (κ2) is 7.90. The van der Waals surface area contributed by atoms with Gasteiger partial charge in [0.1, 0.15) is 0 Å². The van der Waals surface area contributed by atoms with Gasteiger partial charge in [0.25, 0.3) is 0 Å². The number of nitrogens with two attached hydrogens (primary N) is 1. The maximum Gasteiger partial charge on any atom is 0.327 e. The minimum atomic E-state index is -0.850. The zero-order valence-electron chi connectivity index (χ0n) is 11.6. The highest BCUT2D eigenvalue weighted by molar-refractivity contribution is 5.80. The van der Waals surface area contributed by atoms with Crippen molar-refractivity contribution in [1.29, 1.82) is 0 Å². The van der Waals surface area contributed by atoms with Crippen LogP contribution >= 0.6 is 0 Å². The molecule has 1 rings (SSSR count). The lowest BCUT2D eigenvalue weighted by Gasteiger charge is -1.95. The number of carboxylic acids is 1. The second-order valence-corrected chi connectivity index (χ2v) is 5.38. The molecule has 0 aromatic carbocycles. The molecule has 1 saturated carbocycles. The van der Waals surface area contributed by atoms with Crippen molar-refractivity contribution >= 4 is 11.9 Å². The summed E-state index contributed by atoms with van der Waals surface area (Å²) in [6.07, 6.45) is 8.24. The van der Waals surface area contributed by atoms with Crippen LogP contribution in [0.15, 0.2) is 12.2 Å². The number of carboxylic acid groups (broad SMARTS) is 1. The third-order valence-electron chi connectivity index (χ3n) is 3.09. The fraction of sp³-hybridized carbons (Fsp3) is 0.714. The van der Waals surface area contributed by atoms with E-state index in [0.29, 0.717) is 0 Å². The lowest BCUT2D eigenvalue weighted by atomic mass is 10.1. The Labute approximate surface area is 109 Å². The number of hydrogen-bond acceptors (Lipinski definition) is 2. The molecule has 4 heteroatoms. The standard InChI is InChI=1S/C8H14O2.C6H11NO/c1-2-3-4-5-6-7-8(9)10;1-6(2)3-4(6)5(7)8/h6-7H,2-5H2,1H3,(H,9,10);4H,3H2,1-2H3,(H2,7,8). The molecule has 0 heterocycles. The zero-order valence-corrected chi connectivity index (χ0v) is 11.6. The predicted molar refractivity (Wildman–Crippen MR) is 72.0 cm³/mol. The van der Waals surface area contributed by atoms with E-state index < -0.39 is 5.97 Å². The van der Waals surface area contributed by atoms with Crippen LogP contribution in [0.3, 0.4) is 0 Å². The third-order valence-corrected chi connectivity index (χ3v) is 3.09. The highest BCUT2D eigenvalue weighted by Gasteiger charge is 2.49. The molecule has 0 saturated heterocycles. The molecule has 0 radical (unpaired) electrons. The van der Waals surface area contributed by atoms with Crippen molar-refractivity contribution in [3.05, 3.63) is 12.2 Å². The van der Waals surface area contributed by atoms with Crippen LogP contribution in [0.4, 0.5) is 0 Å². The quantitative estimate of drug-likeness (QED) is 0.565. The van der Waals surface area contributed by atoms with Crippen molar-refractivity contribution in [3.8, 4) is 0 Å². The number of allylic oxidation sites excluding steroid dienone is 1. The first kappa shape index (κ1) is 16.7. The molecule has 0 spiro atoms. The van der Waals surface area contributed by atoms with E-state index in [9.17, 15) is 9.59 Å². The van der Waals surface area contributed by atoms with E-state index in [0.717, 1.165) is 19.3 Å². The van der Waals surface area contributed by atoms with Gasteiger partial charge in [0, 0.05) is 12.0 Å². The summed E-state index contributed by atoms with van der Waals surface area (Å²) >= 11 is 0. The molecular weight excluding hydrogens is 230 g/mol. The molecule has 1 aliphatic carbocycles. The van der Waals surface area contributed by atoms with Gasteiger partial charge in [0.15, 0.2) is 0 Å². The molecule has 1 fully saturated rings. The molecule has 104 valence electrons. The molecule has 18 heavy (non-hydrogen) atoms. The highest BCUT2D eigenvalue weighted by atomic mass is 16.4. The van der Waals surface area contributed by atoms with E-state index in [2.05, 4.69) is 20.8 Å². The summed E-state index contributed by atoms with van der Waals surface area (Å²) in [7, 11) is 0. The third kappa shape index (κ3) is 7.87. The van der Waals surface area contributed by atoms with E-state index in [1.54, 1.807) is 6.08 Å². The van der Waals surface area contributed by atoms with Gasteiger partial charge in [-0.1, -0.05) is 39.7 Å². The molecule has 3 N–H and O–H groups in total. The minimum absolute atomic E-state index is 0.144. The first-order valence-electron chi connectivity index (χ1n) is 6.50. The van der Waals surface area contributed by atoms with Crippen LogP contribution in [-0.4, -0.2) is 17.0 Å². The van der Waals surface area contributed by atoms with Crippen LogP contribution in [0, 0.1) is 11.3 Å². The van der Waals surface area contributed by atoms with Crippen LogP contribution in [0.2, 0.25) is 0 Å². The van der Waals surface area contributed by atoms with Crippen molar-refractivity contribution in [1.82, 2.24) is 0 Å². The maximum absolute atomic E-state index is 10.4. The summed E-state index contributed by atoms with van der Waals surface area (Å²) < 4.78 is 0. The Morgan fingerprint density at radius 2 is 1.94 bits per heavy atom. The summed E-state index contributed by atoms with van der Waals surface area (Å²) in [5.41, 5.74) is 5.25. The first-order valence-corrected chi connectivity index (χ1v) is 6.50. The van der Waals surface area contributed by atoms with E-state index in [1.807, 2.05) is 0 Å². The van der Waals surface area contributed by atoms with Gasteiger partial charge in [-0.25, -0.2) is 4.79 Å². The smallest absolute Gasteiger partial charge is 0.327 e. The SMILES string of the molecule is CC1(C)CC1C(N)=O.CCCCCC=CC(=O)O. The summed E-state index contributed by atoms with van der Waals surface area (Å²) in [5, 5.41) is 8.18. The van der Waals surface area contributed by atoms with Gasteiger partial charge in [-0.15, -0.1) is 0 Å². The van der Waals surface area contributed by atoms with E-state index >= 15 is 0 Å². The number of carbonyl (C=O) groups excluding carboxylic acids is 1. The largest absolute Gasteiger partial charge is 0.478 e. The Morgan fingerprint density at radius 1 is 1.39 bits per heavy atom. The summed E-state index contributed by atoms with van der Waals surface area (Å²) in [6, 6.07) is 0. The average molecular weight is 255 g/mol. The number of unbranched alkanes of at least 4 members (excludes halogenated alkanes) is 3. The topological polar surface area (TPSA) is 80.4 Å². The Kier molecular flexibility index (Phi) is 7.32. The Balaban J connectivity index is 0.000000327. The minimum Gasteiger partial charge on any atom is -0.478 e. The van der Waals surface area contributed by atoms with Crippen LogP contribution in [0.5, 0.6) is 0 Å². The van der Waals surface area contributed by atoms with Gasteiger partial charge in [-0.3, -0.25) is 4.79 Å². The van der Waals surface area contributed by atoms with Crippen LogP contribution in [-0.2, 0) is 9.59 Å². The highest BCUT2D eigenvalue weighted by Crippen LogP contribution is 2.51. The van der Waals surface area contributed by atoms with Crippen molar-refractivity contribution in [2.75, 3.05) is 0 Å². The van der Waals surface area contributed by atoms with Crippen LogP contribution in [0.25, 0.3) is 0 Å². The van der Waals surface area contributed by atoms with Gasteiger partial charge < -0.3 is 10.8 Å². The van der Waals surface area contributed by atoms with Gasteiger partial charge in [-0.2, -0.15) is 0 Å². The van der Waals surface area contributed by atoms with E-state index in [4.69, 9.17) is 10.8 Å². The molecular formula is C14H25NO3.